The van der Waals surface area contributed by atoms with E-state index in [0.717, 1.165) is 23.2 Å². The van der Waals surface area contributed by atoms with Crippen LogP contribution in [0.1, 0.15) is 28.8 Å². The van der Waals surface area contributed by atoms with Gasteiger partial charge in [-0.05, 0) is 41.8 Å². The first kappa shape index (κ1) is 17.9. The van der Waals surface area contributed by atoms with E-state index in [-0.39, 0.29) is 17.9 Å². The summed E-state index contributed by atoms with van der Waals surface area (Å²) in [6.07, 6.45) is 6.42. The van der Waals surface area contributed by atoms with Gasteiger partial charge < -0.3 is 10.2 Å². The minimum atomic E-state index is -0.0684. The molecule has 0 bridgehead atoms. The largest absolute Gasteiger partial charge is 0.352 e. The van der Waals surface area contributed by atoms with Gasteiger partial charge in [-0.25, -0.2) is 0 Å². The molecule has 142 valence electrons. The van der Waals surface area contributed by atoms with Crippen molar-refractivity contribution in [3.63, 3.8) is 0 Å². The fourth-order valence-corrected chi connectivity index (χ4v) is 3.40. The molecule has 0 saturated carbocycles. The molecule has 1 atom stereocenters. The van der Waals surface area contributed by atoms with Gasteiger partial charge in [-0.3, -0.25) is 19.7 Å². The van der Waals surface area contributed by atoms with Crippen molar-refractivity contribution < 1.29 is 9.59 Å². The highest BCUT2D eigenvalue weighted by Gasteiger charge is 2.26. The molecule has 28 heavy (non-hydrogen) atoms. The van der Waals surface area contributed by atoms with Crippen molar-refractivity contribution in [2.75, 3.05) is 6.54 Å². The minimum Gasteiger partial charge on any atom is -0.352 e. The van der Waals surface area contributed by atoms with Crippen LogP contribution in [0.25, 0.3) is 11.3 Å². The van der Waals surface area contributed by atoms with Crippen molar-refractivity contribution in [1.82, 2.24) is 25.4 Å². The van der Waals surface area contributed by atoms with Crippen molar-refractivity contribution in [2.45, 2.75) is 25.4 Å². The molecular formula is C21H21N5O2. The molecule has 2 amide bonds. The number of amides is 2. The normalized spacial score (nSPS) is 16.0. The van der Waals surface area contributed by atoms with Gasteiger partial charge in [0, 0.05) is 49.7 Å². The number of nitrogens with one attached hydrogen (secondary N) is 2. The summed E-state index contributed by atoms with van der Waals surface area (Å²) in [4.78, 5) is 30.7. The number of aromatic nitrogens is 3. The highest BCUT2D eigenvalue weighted by atomic mass is 16.2. The van der Waals surface area contributed by atoms with Crippen molar-refractivity contribution >= 4 is 11.8 Å². The second-order valence-electron chi connectivity index (χ2n) is 6.90. The van der Waals surface area contributed by atoms with Gasteiger partial charge in [0.2, 0.25) is 5.91 Å². The van der Waals surface area contributed by atoms with Crippen LogP contribution in [0.2, 0.25) is 0 Å². The molecule has 0 radical (unpaired) electrons. The lowest BCUT2D eigenvalue weighted by atomic mass is 10.1. The molecule has 1 aromatic carbocycles. The molecule has 1 aliphatic heterocycles. The van der Waals surface area contributed by atoms with Crippen LogP contribution in [0, 0.1) is 0 Å². The van der Waals surface area contributed by atoms with Crippen molar-refractivity contribution in [1.29, 1.82) is 0 Å². The third-order valence-corrected chi connectivity index (χ3v) is 4.85. The van der Waals surface area contributed by atoms with Crippen molar-refractivity contribution in [3.8, 4) is 11.3 Å². The summed E-state index contributed by atoms with van der Waals surface area (Å²) >= 11 is 0. The van der Waals surface area contributed by atoms with E-state index in [2.05, 4.69) is 20.5 Å². The lowest BCUT2D eigenvalue weighted by Gasteiger charge is -2.26. The van der Waals surface area contributed by atoms with Gasteiger partial charge in [-0.2, -0.15) is 5.10 Å². The number of carbonyl (C=O) groups is 2. The topological polar surface area (TPSA) is 91.0 Å². The van der Waals surface area contributed by atoms with E-state index < -0.39 is 0 Å². The number of H-pyrrole nitrogens is 1. The molecule has 2 aromatic heterocycles. The highest BCUT2D eigenvalue weighted by Crippen LogP contribution is 2.19. The number of rotatable bonds is 6. The second kappa shape index (κ2) is 8.04. The number of hydrogen-bond donors (Lipinski definition) is 2. The van der Waals surface area contributed by atoms with Crippen LogP contribution < -0.4 is 5.32 Å². The van der Waals surface area contributed by atoms with Gasteiger partial charge in [-0.1, -0.05) is 18.2 Å². The summed E-state index contributed by atoms with van der Waals surface area (Å²) in [7, 11) is 0. The maximum Gasteiger partial charge on any atom is 0.254 e. The molecule has 2 N–H and O–H groups in total. The van der Waals surface area contributed by atoms with Crippen LogP contribution in [0.5, 0.6) is 0 Å². The minimum absolute atomic E-state index is 0.0163. The van der Waals surface area contributed by atoms with Crippen LogP contribution in [-0.2, 0) is 11.3 Å². The van der Waals surface area contributed by atoms with Crippen LogP contribution in [-0.4, -0.2) is 44.5 Å². The van der Waals surface area contributed by atoms with Gasteiger partial charge in [0.1, 0.15) is 0 Å². The third kappa shape index (κ3) is 4.09. The summed E-state index contributed by atoms with van der Waals surface area (Å²) in [5.74, 6) is -0.0242. The summed E-state index contributed by atoms with van der Waals surface area (Å²) in [5, 5.41) is 9.82. The van der Waals surface area contributed by atoms with E-state index >= 15 is 0 Å². The molecule has 7 nitrogen and oxygen atoms in total. The van der Waals surface area contributed by atoms with Gasteiger partial charge in [-0.15, -0.1) is 0 Å². The smallest absolute Gasteiger partial charge is 0.254 e. The Morgan fingerprint density at radius 1 is 1.14 bits per heavy atom. The lowest BCUT2D eigenvalue weighted by molar-refractivity contribution is -0.119. The predicted molar refractivity (Wildman–Crippen MR) is 104 cm³/mol. The Kier molecular flexibility index (Phi) is 5.14. The average Bonchev–Trinajstić information content (AvgIpc) is 3.40. The molecule has 3 aromatic rings. The Morgan fingerprint density at radius 3 is 2.64 bits per heavy atom. The number of aromatic amines is 1. The first-order valence-corrected chi connectivity index (χ1v) is 9.26. The summed E-state index contributed by atoms with van der Waals surface area (Å²) in [6.45, 7) is 0.920. The number of pyridine rings is 1. The third-order valence-electron chi connectivity index (χ3n) is 4.85. The van der Waals surface area contributed by atoms with Crippen LogP contribution in [0.3, 0.4) is 0 Å². The SMILES string of the molecule is O=C1CC[C@@H](CN(Cc2cccnc2)C(=O)c2ccc(-c3ccn[nH]3)cc2)N1. The molecule has 1 saturated heterocycles. The Balaban J connectivity index is 1.54. The Bertz CT molecular complexity index is 939. The fourth-order valence-electron chi connectivity index (χ4n) is 3.40. The van der Waals surface area contributed by atoms with Crippen molar-refractivity contribution in [3.05, 3.63) is 72.2 Å². The second-order valence-corrected chi connectivity index (χ2v) is 6.90. The molecule has 7 heteroatoms. The average molecular weight is 375 g/mol. The quantitative estimate of drug-likeness (QED) is 0.692. The van der Waals surface area contributed by atoms with Crippen LogP contribution >= 0.6 is 0 Å². The van der Waals surface area contributed by atoms with E-state index in [9.17, 15) is 9.59 Å². The van der Waals surface area contributed by atoms with Gasteiger partial charge in [0.25, 0.3) is 5.91 Å². The van der Waals surface area contributed by atoms with Crippen molar-refractivity contribution in [2.24, 2.45) is 0 Å². The lowest BCUT2D eigenvalue weighted by Crippen LogP contribution is -2.41. The summed E-state index contributed by atoms with van der Waals surface area (Å²) in [6, 6.07) is 13.1. The Labute approximate surface area is 162 Å². The molecule has 4 rings (SSSR count). The maximum atomic E-state index is 13.2. The van der Waals surface area contributed by atoms with Gasteiger partial charge in [0.05, 0.1) is 5.69 Å². The molecule has 3 heterocycles. The zero-order valence-corrected chi connectivity index (χ0v) is 15.3. The molecule has 0 unspecified atom stereocenters. The first-order chi connectivity index (χ1) is 13.7. The summed E-state index contributed by atoms with van der Waals surface area (Å²) < 4.78 is 0. The zero-order valence-electron chi connectivity index (χ0n) is 15.3. The Morgan fingerprint density at radius 2 is 2.00 bits per heavy atom. The molecule has 1 fully saturated rings. The number of carbonyl (C=O) groups excluding carboxylic acids is 2. The van der Waals surface area contributed by atoms with E-state index in [0.29, 0.717) is 25.1 Å². The maximum absolute atomic E-state index is 13.2. The van der Waals surface area contributed by atoms with Gasteiger partial charge in [0.15, 0.2) is 0 Å². The van der Waals surface area contributed by atoms with Crippen LogP contribution in [0.15, 0.2) is 61.1 Å². The van der Waals surface area contributed by atoms with E-state index in [1.165, 1.54) is 0 Å². The Hall–Kier alpha value is -3.48. The van der Waals surface area contributed by atoms with Gasteiger partial charge >= 0.3 is 0 Å². The molecule has 0 aliphatic carbocycles. The van der Waals surface area contributed by atoms with Crippen LogP contribution in [0.4, 0.5) is 0 Å². The monoisotopic (exact) mass is 375 g/mol. The number of benzene rings is 1. The number of hydrogen-bond acceptors (Lipinski definition) is 4. The first-order valence-electron chi connectivity index (χ1n) is 9.26. The molecular weight excluding hydrogens is 354 g/mol. The predicted octanol–water partition coefficient (Wildman–Crippen LogP) is 2.39. The molecule has 0 spiro atoms. The highest BCUT2D eigenvalue weighted by molar-refractivity contribution is 5.94. The fraction of sp³-hybridized carbons (Fsp3) is 0.238. The molecule has 1 aliphatic rings. The zero-order chi connectivity index (χ0) is 19.3. The van der Waals surface area contributed by atoms with E-state index in [1.54, 1.807) is 23.5 Å². The van der Waals surface area contributed by atoms with E-state index in [1.807, 2.05) is 42.5 Å². The number of nitrogens with zero attached hydrogens (tertiary/aromatic N) is 3. The van der Waals surface area contributed by atoms with E-state index in [4.69, 9.17) is 0 Å². The standard InChI is InChI=1S/C21H21N5O2/c27-20-8-7-18(24-20)14-26(13-15-2-1-10-22-12-15)21(28)17-5-3-16(4-6-17)19-9-11-23-25-19/h1-6,9-12,18H,7-8,13-14H2,(H,23,25)(H,24,27)/t18-/m0/s1. The summed E-state index contributed by atoms with van der Waals surface area (Å²) in [5.41, 5.74) is 3.43.